The predicted molar refractivity (Wildman–Crippen MR) is 72.2 cm³/mol. The summed E-state index contributed by atoms with van der Waals surface area (Å²) in [6, 6.07) is 3.95. The van der Waals surface area contributed by atoms with Gasteiger partial charge in [-0.15, -0.1) is 0 Å². The van der Waals surface area contributed by atoms with Crippen LogP contribution in [0.1, 0.15) is 56.6 Å². The highest BCUT2D eigenvalue weighted by atomic mass is 19.2. The molecule has 0 amide bonds. The maximum atomic E-state index is 13.7. The highest BCUT2D eigenvalue weighted by Gasteiger charge is 2.20. The molecule has 1 aliphatic carbocycles. The molecule has 106 valence electrons. The monoisotopic (exact) mass is 268 g/mol. The first kappa shape index (κ1) is 14.4. The van der Waals surface area contributed by atoms with Crippen LogP contribution in [0, 0.1) is 17.6 Å². The topological polar surface area (TPSA) is 38.0 Å². The molecule has 0 aliphatic heterocycles. The van der Waals surface area contributed by atoms with Gasteiger partial charge in [-0.1, -0.05) is 44.2 Å². The van der Waals surface area contributed by atoms with E-state index in [1.807, 2.05) is 0 Å². The molecule has 19 heavy (non-hydrogen) atoms. The Kier molecular flexibility index (Phi) is 5.28. The van der Waals surface area contributed by atoms with Crippen molar-refractivity contribution in [3.63, 3.8) is 0 Å². The molecule has 1 unspecified atom stereocenters. The third-order valence-corrected chi connectivity index (χ3v) is 4.15. The average molecular weight is 268 g/mol. The van der Waals surface area contributed by atoms with Gasteiger partial charge in [-0.3, -0.25) is 11.3 Å². The van der Waals surface area contributed by atoms with E-state index >= 15 is 0 Å². The molecule has 0 spiro atoms. The Labute approximate surface area is 113 Å². The van der Waals surface area contributed by atoms with Crippen LogP contribution in [-0.4, -0.2) is 0 Å². The smallest absolute Gasteiger partial charge is 0.163 e. The summed E-state index contributed by atoms with van der Waals surface area (Å²) >= 11 is 0. The second-order valence-corrected chi connectivity index (χ2v) is 5.44. The molecular weight excluding hydrogens is 246 g/mol. The zero-order valence-corrected chi connectivity index (χ0v) is 11.2. The van der Waals surface area contributed by atoms with Gasteiger partial charge in [0.15, 0.2) is 11.6 Å². The fourth-order valence-electron chi connectivity index (χ4n) is 3.00. The maximum absolute atomic E-state index is 13.7. The van der Waals surface area contributed by atoms with Crippen LogP contribution in [0.4, 0.5) is 8.78 Å². The van der Waals surface area contributed by atoms with Gasteiger partial charge in [0.1, 0.15) is 0 Å². The van der Waals surface area contributed by atoms with Crippen molar-refractivity contribution in [2.75, 3.05) is 0 Å². The fraction of sp³-hybridized carbons (Fsp3) is 0.600. The van der Waals surface area contributed by atoms with Crippen molar-refractivity contribution in [1.82, 2.24) is 5.43 Å². The van der Waals surface area contributed by atoms with Crippen LogP contribution in [0.15, 0.2) is 18.2 Å². The molecule has 1 atom stereocenters. The second kappa shape index (κ2) is 6.96. The first-order valence-electron chi connectivity index (χ1n) is 7.12. The van der Waals surface area contributed by atoms with Gasteiger partial charge in [0.2, 0.25) is 0 Å². The summed E-state index contributed by atoms with van der Waals surface area (Å²) in [4.78, 5) is 0. The SMILES string of the molecule is NNC(CCC1CCCCC1)c1cccc(F)c1F. The van der Waals surface area contributed by atoms with Gasteiger partial charge in [0.05, 0.1) is 0 Å². The number of nitrogens with one attached hydrogen (secondary N) is 1. The van der Waals surface area contributed by atoms with Crippen molar-refractivity contribution in [1.29, 1.82) is 0 Å². The van der Waals surface area contributed by atoms with E-state index in [9.17, 15) is 8.78 Å². The van der Waals surface area contributed by atoms with Crippen LogP contribution in [-0.2, 0) is 0 Å². The molecule has 0 aromatic heterocycles. The average Bonchev–Trinajstić information content (AvgIpc) is 2.45. The quantitative estimate of drug-likeness (QED) is 0.629. The minimum Gasteiger partial charge on any atom is -0.271 e. The number of nitrogens with two attached hydrogens (primary N) is 1. The molecule has 0 bridgehead atoms. The van der Waals surface area contributed by atoms with Crippen molar-refractivity contribution < 1.29 is 8.78 Å². The van der Waals surface area contributed by atoms with Crippen LogP contribution >= 0.6 is 0 Å². The standard InChI is InChI=1S/C15H22F2N2/c16-13-8-4-7-12(15(13)17)14(19-18)10-9-11-5-2-1-3-6-11/h4,7-8,11,14,19H,1-3,5-6,9-10,18H2. The van der Waals surface area contributed by atoms with Gasteiger partial charge in [0.25, 0.3) is 0 Å². The molecular formula is C15H22F2N2. The number of benzene rings is 1. The Morgan fingerprint density at radius 1 is 1.21 bits per heavy atom. The minimum absolute atomic E-state index is 0.308. The third-order valence-electron chi connectivity index (χ3n) is 4.15. The highest BCUT2D eigenvalue weighted by Crippen LogP contribution is 2.31. The summed E-state index contributed by atoms with van der Waals surface area (Å²) < 4.78 is 27.0. The van der Waals surface area contributed by atoms with Gasteiger partial charge in [0, 0.05) is 11.6 Å². The minimum atomic E-state index is -0.810. The number of hydrogen-bond acceptors (Lipinski definition) is 2. The van der Waals surface area contributed by atoms with E-state index in [1.165, 1.54) is 38.2 Å². The molecule has 1 aromatic carbocycles. The second-order valence-electron chi connectivity index (χ2n) is 5.44. The zero-order chi connectivity index (χ0) is 13.7. The lowest BCUT2D eigenvalue weighted by molar-refractivity contribution is 0.312. The molecule has 1 fully saturated rings. The Morgan fingerprint density at radius 2 is 1.95 bits per heavy atom. The summed E-state index contributed by atoms with van der Waals surface area (Å²) in [5.41, 5.74) is 2.95. The van der Waals surface area contributed by atoms with Gasteiger partial charge in [-0.25, -0.2) is 8.78 Å². The normalized spacial score (nSPS) is 18.5. The zero-order valence-electron chi connectivity index (χ0n) is 11.2. The highest BCUT2D eigenvalue weighted by molar-refractivity contribution is 5.22. The largest absolute Gasteiger partial charge is 0.271 e. The summed E-state index contributed by atoms with van der Waals surface area (Å²) in [5.74, 6) is 4.62. The Morgan fingerprint density at radius 3 is 2.63 bits per heavy atom. The van der Waals surface area contributed by atoms with Crippen LogP contribution in [0.2, 0.25) is 0 Å². The molecule has 0 heterocycles. The van der Waals surface area contributed by atoms with Gasteiger partial charge >= 0.3 is 0 Å². The molecule has 0 radical (unpaired) electrons. The number of halogens is 2. The van der Waals surface area contributed by atoms with Crippen molar-refractivity contribution in [2.24, 2.45) is 11.8 Å². The van der Waals surface area contributed by atoms with Gasteiger partial charge in [-0.05, 0) is 24.8 Å². The van der Waals surface area contributed by atoms with E-state index in [0.29, 0.717) is 11.5 Å². The Bertz CT molecular complexity index is 403. The van der Waals surface area contributed by atoms with E-state index in [0.717, 1.165) is 18.9 Å². The van der Waals surface area contributed by atoms with Crippen LogP contribution in [0.3, 0.4) is 0 Å². The van der Waals surface area contributed by atoms with Crippen molar-refractivity contribution in [2.45, 2.75) is 51.0 Å². The first-order valence-corrected chi connectivity index (χ1v) is 7.12. The Hall–Kier alpha value is -1.00. The molecule has 3 N–H and O–H groups in total. The Balaban J connectivity index is 1.97. The van der Waals surface area contributed by atoms with E-state index in [2.05, 4.69) is 5.43 Å². The van der Waals surface area contributed by atoms with E-state index in [-0.39, 0.29) is 6.04 Å². The lowest BCUT2D eigenvalue weighted by Gasteiger charge is -2.24. The van der Waals surface area contributed by atoms with Gasteiger partial charge < -0.3 is 0 Å². The van der Waals surface area contributed by atoms with Crippen LogP contribution in [0.5, 0.6) is 0 Å². The fourth-order valence-corrected chi connectivity index (χ4v) is 3.00. The predicted octanol–water partition coefficient (Wildman–Crippen LogP) is 3.83. The molecule has 0 saturated heterocycles. The molecule has 2 rings (SSSR count). The van der Waals surface area contributed by atoms with E-state index in [4.69, 9.17) is 5.84 Å². The molecule has 4 heteroatoms. The summed E-state index contributed by atoms with van der Waals surface area (Å²) in [7, 11) is 0. The molecule has 1 aliphatic rings. The van der Waals surface area contributed by atoms with Crippen molar-refractivity contribution in [3.05, 3.63) is 35.4 Å². The maximum Gasteiger partial charge on any atom is 0.163 e. The molecule has 1 saturated carbocycles. The summed E-state index contributed by atoms with van der Waals surface area (Å²) in [6.07, 6.45) is 8.19. The van der Waals surface area contributed by atoms with E-state index < -0.39 is 11.6 Å². The summed E-state index contributed by atoms with van der Waals surface area (Å²) in [5, 5.41) is 0. The molecule has 1 aromatic rings. The van der Waals surface area contributed by atoms with Crippen molar-refractivity contribution in [3.8, 4) is 0 Å². The number of hydrogen-bond donors (Lipinski definition) is 2. The van der Waals surface area contributed by atoms with E-state index in [1.54, 1.807) is 6.07 Å². The summed E-state index contributed by atoms with van der Waals surface area (Å²) in [6.45, 7) is 0. The molecule has 2 nitrogen and oxygen atoms in total. The number of rotatable bonds is 5. The van der Waals surface area contributed by atoms with Gasteiger partial charge in [-0.2, -0.15) is 0 Å². The third kappa shape index (κ3) is 3.74. The number of hydrazine groups is 1. The van der Waals surface area contributed by atoms with Crippen molar-refractivity contribution >= 4 is 0 Å². The first-order chi connectivity index (χ1) is 9.22. The lowest BCUT2D eigenvalue weighted by atomic mass is 9.84. The van der Waals surface area contributed by atoms with Crippen LogP contribution < -0.4 is 11.3 Å². The van der Waals surface area contributed by atoms with Crippen LogP contribution in [0.25, 0.3) is 0 Å². The lowest BCUT2D eigenvalue weighted by Crippen LogP contribution is -2.29.